The first-order chi connectivity index (χ1) is 8.25. The van der Waals surface area contributed by atoms with E-state index in [-0.39, 0.29) is 0 Å². The highest BCUT2D eigenvalue weighted by molar-refractivity contribution is 6.33. The van der Waals surface area contributed by atoms with Crippen LogP contribution in [0.1, 0.15) is 0 Å². The van der Waals surface area contributed by atoms with Gasteiger partial charge in [0.2, 0.25) is 0 Å². The average molecular weight is 265 g/mol. The number of halogens is 2. The van der Waals surface area contributed by atoms with Crippen molar-refractivity contribution in [3.05, 3.63) is 47.1 Å². The molecule has 0 atom stereocenters. The second-order valence-corrected chi connectivity index (χ2v) is 4.23. The van der Waals surface area contributed by atoms with E-state index in [2.05, 4.69) is 15.0 Å². The molecule has 17 heavy (non-hydrogen) atoms. The molecular weight excluding hydrogens is 259 g/mol. The Bertz CT molecular complexity index is 693. The summed E-state index contributed by atoms with van der Waals surface area (Å²) in [4.78, 5) is 12.2. The summed E-state index contributed by atoms with van der Waals surface area (Å²) in [6.45, 7) is 0. The molecule has 2 aromatic heterocycles. The Morgan fingerprint density at radius 3 is 2.76 bits per heavy atom. The van der Waals surface area contributed by atoms with Gasteiger partial charge in [-0.25, -0.2) is 15.0 Å². The van der Waals surface area contributed by atoms with Gasteiger partial charge < -0.3 is 0 Å². The summed E-state index contributed by atoms with van der Waals surface area (Å²) in [5.74, 6) is 0. The number of hydrogen-bond acceptors (Lipinski definition) is 3. The molecular formula is C11H6Cl2N4. The second-order valence-electron chi connectivity index (χ2n) is 3.43. The predicted octanol–water partition coefficient (Wildman–Crippen LogP) is 3.12. The molecule has 0 aliphatic rings. The fourth-order valence-electron chi connectivity index (χ4n) is 1.62. The zero-order valence-corrected chi connectivity index (χ0v) is 10.0. The van der Waals surface area contributed by atoms with Crippen LogP contribution < -0.4 is 0 Å². The van der Waals surface area contributed by atoms with E-state index in [9.17, 15) is 0 Å². The van der Waals surface area contributed by atoms with E-state index in [0.29, 0.717) is 21.3 Å². The van der Waals surface area contributed by atoms with E-state index < -0.39 is 0 Å². The van der Waals surface area contributed by atoms with Gasteiger partial charge in [-0.15, -0.1) is 0 Å². The maximum atomic E-state index is 5.95. The van der Waals surface area contributed by atoms with Crippen LogP contribution in [0.3, 0.4) is 0 Å². The molecule has 0 aliphatic carbocycles. The van der Waals surface area contributed by atoms with E-state index in [1.54, 1.807) is 6.33 Å². The third kappa shape index (κ3) is 1.75. The number of hydrogen-bond donors (Lipinski definition) is 0. The van der Waals surface area contributed by atoms with Crippen LogP contribution in [0.15, 0.2) is 36.9 Å². The number of nitrogens with zero attached hydrogens (tertiary/aromatic N) is 4. The Kier molecular flexibility index (Phi) is 2.46. The number of fused-ring (bicyclic) bond motifs is 1. The van der Waals surface area contributed by atoms with Gasteiger partial charge in [0, 0.05) is 5.02 Å². The summed E-state index contributed by atoms with van der Waals surface area (Å²) in [6.07, 6.45) is 3.06. The van der Waals surface area contributed by atoms with E-state index in [1.165, 1.54) is 6.33 Å². The molecule has 0 unspecified atom stereocenters. The highest BCUT2D eigenvalue weighted by Gasteiger charge is 2.09. The minimum Gasteiger partial charge on any atom is -0.283 e. The summed E-state index contributed by atoms with van der Waals surface area (Å²) in [7, 11) is 0. The zero-order chi connectivity index (χ0) is 11.8. The first-order valence-electron chi connectivity index (χ1n) is 4.85. The number of rotatable bonds is 1. The topological polar surface area (TPSA) is 43.6 Å². The van der Waals surface area contributed by atoms with Gasteiger partial charge in [0.05, 0.1) is 5.69 Å². The van der Waals surface area contributed by atoms with Gasteiger partial charge >= 0.3 is 0 Å². The highest BCUT2D eigenvalue weighted by atomic mass is 35.5. The van der Waals surface area contributed by atoms with Gasteiger partial charge in [-0.1, -0.05) is 29.3 Å². The van der Waals surface area contributed by atoms with E-state index in [0.717, 1.165) is 5.69 Å². The predicted molar refractivity (Wildman–Crippen MR) is 66.7 cm³/mol. The van der Waals surface area contributed by atoms with E-state index in [4.69, 9.17) is 23.2 Å². The molecule has 0 N–H and O–H groups in total. The summed E-state index contributed by atoms with van der Waals surface area (Å²) in [6, 6.07) is 7.43. The third-order valence-electron chi connectivity index (χ3n) is 2.38. The van der Waals surface area contributed by atoms with Crippen molar-refractivity contribution in [1.29, 1.82) is 0 Å². The van der Waals surface area contributed by atoms with Crippen LogP contribution in [0, 0.1) is 0 Å². The van der Waals surface area contributed by atoms with Crippen molar-refractivity contribution in [1.82, 2.24) is 19.5 Å². The molecule has 0 saturated carbocycles. The lowest BCUT2D eigenvalue weighted by atomic mass is 10.3. The van der Waals surface area contributed by atoms with Gasteiger partial charge in [-0.05, 0) is 18.2 Å². The lowest BCUT2D eigenvalue weighted by Gasteiger charge is -2.03. The normalized spacial score (nSPS) is 10.9. The van der Waals surface area contributed by atoms with Crippen LogP contribution in [0.25, 0.3) is 16.9 Å². The summed E-state index contributed by atoms with van der Waals surface area (Å²) in [5.41, 5.74) is 2.12. The molecule has 0 bridgehead atoms. The molecule has 0 saturated heterocycles. The minimum atomic E-state index is 0.343. The maximum Gasteiger partial charge on any atom is 0.169 e. The summed E-state index contributed by atoms with van der Waals surface area (Å²) >= 11 is 11.9. The van der Waals surface area contributed by atoms with Crippen LogP contribution in [0.5, 0.6) is 0 Å². The summed E-state index contributed by atoms with van der Waals surface area (Å²) in [5, 5.41) is 1.00. The van der Waals surface area contributed by atoms with Crippen LogP contribution in [-0.2, 0) is 0 Å². The molecule has 3 rings (SSSR count). The van der Waals surface area contributed by atoms with Crippen molar-refractivity contribution in [3.8, 4) is 5.69 Å². The highest BCUT2D eigenvalue weighted by Crippen LogP contribution is 2.22. The largest absolute Gasteiger partial charge is 0.283 e. The van der Waals surface area contributed by atoms with Gasteiger partial charge in [-0.3, -0.25) is 4.57 Å². The fourth-order valence-corrected chi connectivity index (χ4v) is 1.98. The molecule has 4 nitrogen and oxygen atoms in total. The third-order valence-corrected chi connectivity index (χ3v) is 2.89. The molecule has 0 aliphatic heterocycles. The molecule has 3 aromatic rings. The maximum absolute atomic E-state index is 5.95. The Morgan fingerprint density at radius 2 is 1.94 bits per heavy atom. The number of imidazole rings is 1. The Labute approximate surface area is 107 Å². The van der Waals surface area contributed by atoms with Crippen molar-refractivity contribution >= 4 is 34.4 Å². The fraction of sp³-hybridized carbons (Fsp3) is 0. The van der Waals surface area contributed by atoms with Crippen LogP contribution in [-0.4, -0.2) is 19.5 Å². The second kappa shape index (κ2) is 3.98. The van der Waals surface area contributed by atoms with Crippen molar-refractivity contribution < 1.29 is 0 Å². The molecule has 0 amide bonds. The van der Waals surface area contributed by atoms with Gasteiger partial charge in [0.25, 0.3) is 0 Å². The molecule has 2 heterocycles. The van der Waals surface area contributed by atoms with Crippen LogP contribution in [0.4, 0.5) is 0 Å². The minimum absolute atomic E-state index is 0.343. The molecule has 6 heteroatoms. The Balaban J connectivity index is 2.28. The lowest BCUT2D eigenvalue weighted by molar-refractivity contribution is 1.06. The van der Waals surface area contributed by atoms with Crippen molar-refractivity contribution in [2.75, 3.05) is 0 Å². The zero-order valence-electron chi connectivity index (χ0n) is 8.51. The van der Waals surface area contributed by atoms with Gasteiger partial charge in [0.15, 0.2) is 10.8 Å². The lowest BCUT2D eigenvalue weighted by Crippen LogP contribution is -1.94. The first-order valence-corrected chi connectivity index (χ1v) is 5.61. The summed E-state index contributed by atoms with van der Waals surface area (Å²) < 4.78 is 1.81. The number of aromatic nitrogens is 4. The Morgan fingerprint density at radius 1 is 1.06 bits per heavy atom. The van der Waals surface area contributed by atoms with Crippen molar-refractivity contribution in [2.45, 2.75) is 0 Å². The van der Waals surface area contributed by atoms with Gasteiger partial charge in [0.1, 0.15) is 18.2 Å². The SMILES string of the molecule is Clc1cccc(-n2cnc3c(Cl)ncnc32)c1. The molecule has 0 fully saturated rings. The molecule has 0 spiro atoms. The quantitative estimate of drug-likeness (QED) is 0.635. The number of benzene rings is 1. The van der Waals surface area contributed by atoms with E-state index >= 15 is 0 Å². The van der Waals surface area contributed by atoms with Gasteiger partial charge in [-0.2, -0.15) is 0 Å². The van der Waals surface area contributed by atoms with E-state index in [1.807, 2.05) is 28.8 Å². The monoisotopic (exact) mass is 264 g/mol. The average Bonchev–Trinajstić information content (AvgIpc) is 2.74. The molecule has 1 aromatic carbocycles. The smallest absolute Gasteiger partial charge is 0.169 e. The van der Waals surface area contributed by atoms with Crippen molar-refractivity contribution in [3.63, 3.8) is 0 Å². The van der Waals surface area contributed by atoms with Crippen LogP contribution >= 0.6 is 23.2 Å². The molecule has 0 radical (unpaired) electrons. The first kappa shape index (κ1) is 10.5. The molecule has 84 valence electrons. The Hall–Kier alpha value is -1.65. The van der Waals surface area contributed by atoms with Crippen LogP contribution in [0.2, 0.25) is 10.2 Å². The van der Waals surface area contributed by atoms with Crippen molar-refractivity contribution in [2.24, 2.45) is 0 Å². The standard InChI is InChI=1S/C11H6Cl2N4/c12-7-2-1-3-8(4-7)17-6-16-9-10(13)14-5-15-11(9)17/h1-6H.